The molecule has 0 radical (unpaired) electrons. The summed E-state index contributed by atoms with van der Waals surface area (Å²) in [7, 11) is 1.66. The quantitative estimate of drug-likeness (QED) is 0.845. The highest BCUT2D eigenvalue weighted by Gasteiger charge is 2.21. The Morgan fingerprint density at radius 2 is 2.19 bits per heavy atom. The zero-order valence-corrected chi connectivity index (χ0v) is 12.9. The standard InChI is InChI=1S/C16H25N3O2/c1-13-5-7-14(8-6-13)18-16(20)19(10-11-21-2)12-15-4-3-9-17-15/h5-8,15,17H,3-4,9-12H2,1-2H3,(H,18,20). The molecule has 116 valence electrons. The Hall–Kier alpha value is -1.59. The van der Waals surface area contributed by atoms with E-state index in [9.17, 15) is 4.79 Å². The van der Waals surface area contributed by atoms with Crippen LogP contribution in [0.4, 0.5) is 10.5 Å². The zero-order valence-electron chi connectivity index (χ0n) is 12.9. The van der Waals surface area contributed by atoms with Gasteiger partial charge in [-0.25, -0.2) is 4.79 Å². The van der Waals surface area contributed by atoms with Crippen LogP contribution in [0.1, 0.15) is 18.4 Å². The fraction of sp³-hybridized carbons (Fsp3) is 0.562. The number of hydrogen-bond acceptors (Lipinski definition) is 3. The van der Waals surface area contributed by atoms with Crippen molar-refractivity contribution in [3.63, 3.8) is 0 Å². The predicted molar refractivity (Wildman–Crippen MR) is 84.7 cm³/mol. The summed E-state index contributed by atoms with van der Waals surface area (Å²) in [5, 5.41) is 6.38. The number of nitrogens with zero attached hydrogens (tertiary/aromatic N) is 1. The Kier molecular flexibility index (Phi) is 6.02. The number of carbonyl (C=O) groups excluding carboxylic acids is 1. The Bertz CT molecular complexity index is 441. The fourth-order valence-electron chi connectivity index (χ4n) is 2.50. The molecule has 1 aromatic rings. The van der Waals surface area contributed by atoms with Gasteiger partial charge in [0, 0.05) is 31.9 Å². The number of aryl methyl sites for hydroxylation is 1. The first-order chi connectivity index (χ1) is 10.2. The van der Waals surface area contributed by atoms with Crippen molar-refractivity contribution in [3.8, 4) is 0 Å². The first-order valence-corrected chi connectivity index (χ1v) is 7.54. The molecule has 2 N–H and O–H groups in total. The topological polar surface area (TPSA) is 53.6 Å². The van der Waals surface area contributed by atoms with Crippen LogP contribution in [-0.4, -0.2) is 50.3 Å². The lowest BCUT2D eigenvalue weighted by Crippen LogP contribution is -2.44. The molecule has 0 aliphatic carbocycles. The van der Waals surface area contributed by atoms with Crippen LogP contribution in [0.25, 0.3) is 0 Å². The predicted octanol–water partition coefficient (Wildman–Crippen LogP) is 2.23. The lowest BCUT2D eigenvalue weighted by Gasteiger charge is -2.26. The van der Waals surface area contributed by atoms with E-state index < -0.39 is 0 Å². The van der Waals surface area contributed by atoms with Crippen LogP contribution in [0.3, 0.4) is 0 Å². The van der Waals surface area contributed by atoms with Crippen LogP contribution < -0.4 is 10.6 Å². The van der Waals surface area contributed by atoms with Gasteiger partial charge in [0.1, 0.15) is 0 Å². The molecule has 2 rings (SSSR count). The monoisotopic (exact) mass is 291 g/mol. The van der Waals surface area contributed by atoms with E-state index in [2.05, 4.69) is 10.6 Å². The second-order valence-corrected chi connectivity index (χ2v) is 5.53. The number of hydrogen-bond donors (Lipinski definition) is 2. The Morgan fingerprint density at radius 3 is 2.81 bits per heavy atom. The van der Waals surface area contributed by atoms with E-state index in [1.165, 1.54) is 12.0 Å². The number of benzene rings is 1. The van der Waals surface area contributed by atoms with Crippen molar-refractivity contribution in [2.75, 3.05) is 38.7 Å². The maximum atomic E-state index is 12.4. The number of nitrogens with one attached hydrogen (secondary N) is 2. The highest BCUT2D eigenvalue weighted by atomic mass is 16.5. The van der Waals surface area contributed by atoms with Gasteiger partial charge in [0.15, 0.2) is 0 Å². The van der Waals surface area contributed by atoms with Gasteiger partial charge in [-0.15, -0.1) is 0 Å². The molecular weight excluding hydrogens is 266 g/mol. The average molecular weight is 291 g/mol. The van der Waals surface area contributed by atoms with Crippen molar-refractivity contribution in [1.29, 1.82) is 0 Å². The molecule has 21 heavy (non-hydrogen) atoms. The third-order valence-electron chi connectivity index (χ3n) is 3.76. The minimum atomic E-state index is -0.0652. The third-order valence-corrected chi connectivity index (χ3v) is 3.76. The van der Waals surface area contributed by atoms with Gasteiger partial charge in [-0.2, -0.15) is 0 Å². The van der Waals surface area contributed by atoms with Gasteiger partial charge >= 0.3 is 6.03 Å². The molecule has 1 aromatic carbocycles. The van der Waals surface area contributed by atoms with Gasteiger partial charge < -0.3 is 20.3 Å². The Morgan fingerprint density at radius 1 is 1.43 bits per heavy atom. The van der Waals surface area contributed by atoms with Gasteiger partial charge in [-0.1, -0.05) is 17.7 Å². The molecule has 5 heteroatoms. The van der Waals surface area contributed by atoms with Gasteiger partial charge in [0.05, 0.1) is 6.61 Å². The van der Waals surface area contributed by atoms with Crippen LogP contribution >= 0.6 is 0 Å². The summed E-state index contributed by atoms with van der Waals surface area (Å²) in [6, 6.07) is 8.17. The summed E-state index contributed by atoms with van der Waals surface area (Å²) in [5.74, 6) is 0. The number of methoxy groups -OCH3 is 1. The highest BCUT2D eigenvalue weighted by Crippen LogP contribution is 2.11. The smallest absolute Gasteiger partial charge is 0.321 e. The summed E-state index contributed by atoms with van der Waals surface area (Å²) in [4.78, 5) is 14.2. The van der Waals surface area contributed by atoms with Crippen LogP contribution in [0.2, 0.25) is 0 Å². The van der Waals surface area contributed by atoms with E-state index in [1.807, 2.05) is 36.1 Å². The first-order valence-electron chi connectivity index (χ1n) is 7.54. The van der Waals surface area contributed by atoms with Gasteiger partial charge in [0.2, 0.25) is 0 Å². The first kappa shape index (κ1) is 15.8. The molecule has 0 spiro atoms. The molecule has 1 aliphatic heterocycles. The molecule has 0 bridgehead atoms. The maximum absolute atomic E-state index is 12.4. The molecule has 1 fully saturated rings. The van der Waals surface area contributed by atoms with Crippen molar-refractivity contribution < 1.29 is 9.53 Å². The molecular formula is C16H25N3O2. The number of rotatable bonds is 6. The molecule has 2 amide bonds. The third kappa shape index (κ3) is 5.02. The number of urea groups is 1. The summed E-state index contributed by atoms with van der Waals surface area (Å²) >= 11 is 0. The molecule has 1 saturated heterocycles. The molecule has 1 aliphatic rings. The zero-order chi connectivity index (χ0) is 15.1. The molecule has 1 unspecified atom stereocenters. The second kappa shape index (κ2) is 8.00. The van der Waals surface area contributed by atoms with Gasteiger partial charge in [0.25, 0.3) is 0 Å². The normalized spacial score (nSPS) is 17.7. The van der Waals surface area contributed by atoms with E-state index in [4.69, 9.17) is 4.74 Å². The minimum absolute atomic E-state index is 0.0652. The number of amides is 2. The number of ether oxygens (including phenoxy) is 1. The lowest BCUT2D eigenvalue weighted by atomic mass is 10.2. The average Bonchev–Trinajstić information content (AvgIpc) is 2.98. The molecule has 0 aromatic heterocycles. The van der Waals surface area contributed by atoms with Gasteiger partial charge in [-0.05, 0) is 38.4 Å². The Balaban J connectivity index is 1.93. The van der Waals surface area contributed by atoms with E-state index in [-0.39, 0.29) is 6.03 Å². The highest BCUT2D eigenvalue weighted by molar-refractivity contribution is 5.89. The summed E-state index contributed by atoms with van der Waals surface area (Å²) < 4.78 is 5.11. The minimum Gasteiger partial charge on any atom is -0.383 e. The van der Waals surface area contributed by atoms with Crippen LogP contribution in [0, 0.1) is 6.92 Å². The van der Waals surface area contributed by atoms with E-state index in [1.54, 1.807) is 7.11 Å². The number of anilines is 1. The largest absolute Gasteiger partial charge is 0.383 e. The van der Waals surface area contributed by atoms with Crippen molar-refractivity contribution in [2.45, 2.75) is 25.8 Å². The van der Waals surface area contributed by atoms with Crippen molar-refractivity contribution >= 4 is 11.7 Å². The summed E-state index contributed by atoms with van der Waals surface area (Å²) in [6.07, 6.45) is 2.31. The van der Waals surface area contributed by atoms with Crippen molar-refractivity contribution in [2.24, 2.45) is 0 Å². The Labute approximate surface area is 126 Å². The molecule has 1 atom stereocenters. The van der Waals surface area contributed by atoms with Crippen LogP contribution in [-0.2, 0) is 4.74 Å². The van der Waals surface area contributed by atoms with Crippen LogP contribution in [0.15, 0.2) is 24.3 Å². The van der Waals surface area contributed by atoms with Gasteiger partial charge in [-0.3, -0.25) is 0 Å². The van der Waals surface area contributed by atoms with Crippen molar-refractivity contribution in [1.82, 2.24) is 10.2 Å². The van der Waals surface area contributed by atoms with Crippen LogP contribution in [0.5, 0.6) is 0 Å². The maximum Gasteiger partial charge on any atom is 0.321 e. The molecule has 1 heterocycles. The summed E-state index contributed by atoms with van der Waals surface area (Å²) in [5.41, 5.74) is 2.01. The SMILES string of the molecule is COCCN(CC1CCCN1)C(=O)Nc1ccc(C)cc1. The van der Waals surface area contributed by atoms with E-state index in [0.29, 0.717) is 19.2 Å². The van der Waals surface area contributed by atoms with Crippen molar-refractivity contribution in [3.05, 3.63) is 29.8 Å². The molecule has 0 saturated carbocycles. The summed E-state index contributed by atoms with van der Waals surface area (Å²) in [6.45, 7) is 4.95. The van der Waals surface area contributed by atoms with E-state index >= 15 is 0 Å². The lowest BCUT2D eigenvalue weighted by molar-refractivity contribution is 0.151. The second-order valence-electron chi connectivity index (χ2n) is 5.53. The number of carbonyl (C=O) groups is 1. The molecule has 5 nitrogen and oxygen atoms in total. The van der Waals surface area contributed by atoms with E-state index in [0.717, 1.165) is 25.2 Å². The fourth-order valence-corrected chi connectivity index (χ4v) is 2.50.